The highest BCUT2D eigenvalue weighted by molar-refractivity contribution is 6.30. The average molecular weight is 628 g/mol. The molecule has 0 saturated carbocycles. The fraction of sp³-hybridized carbons (Fsp3) is 0.424. The number of hydrogen-bond acceptors (Lipinski definition) is 6. The summed E-state index contributed by atoms with van der Waals surface area (Å²) in [7, 11) is 0. The summed E-state index contributed by atoms with van der Waals surface area (Å²) in [5.74, 6) is 0.944. The van der Waals surface area contributed by atoms with Crippen LogP contribution in [0.2, 0.25) is 10.0 Å². The van der Waals surface area contributed by atoms with Gasteiger partial charge in [0.15, 0.2) is 0 Å². The van der Waals surface area contributed by atoms with Crippen LogP contribution in [0.15, 0.2) is 65.8 Å². The molecule has 10 heteroatoms. The predicted octanol–water partition coefficient (Wildman–Crippen LogP) is 6.43. The molecule has 0 bridgehead atoms. The molecule has 0 fully saturated rings. The van der Waals surface area contributed by atoms with Gasteiger partial charge in [-0.05, 0) is 62.6 Å². The molecule has 0 aliphatic carbocycles. The Morgan fingerprint density at radius 2 is 1.63 bits per heavy atom. The van der Waals surface area contributed by atoms with Crippen LogP contribution in [0.4, 0.5) is 4.79 Å². The number of halogens is 2. The SMILES string of the molecule is CCOc1cc(C(C)(C)C)ncc1C1=N[C@@](C)(c2ccc(Cl)cc2)[C@@](C)(c2ccc(Cl)cc2)N1C(=O)NCC[C@H](O)CO. The van der Waals surface area contributed by atoms with Crippen molar-refractivity contribution in [2.24, 2.45) is 4.99 Å². The molecular formula is C33H40Cl2N4O4. The molecule has 0 spiro atoms. The zero-order valence-corrected chi connectivity index (χ0v) is 27.0. The molecule has 43 heavy (non-hydrogen) atoms. The Morgan fingerprint density at radius 3 is 2.16 bits per heavy atom. The van der Waals surface area contributed by atoms with Crippen LogP contribution in [0.5, 0.6) is 5.75 Å². The number of nitrogens with zero attached hydrogens (tertiary/aromatic N) is 3. The summed E-state index contributed by atoms with van der Waals surface area (Å²) >= 11 is 12.6. The first-order valence-electron chi connectivity index (χ1n) is 14.4. The summed E-state index contributed by atoms with van der Waals surface area (Å²) in [5, 5.41) is 23.3. The number of carbonyl (C=O) groups is 1. The van der Waals surface area contributed by atoms with E-state index in [1.807, 2.05) is 63.2 Å². The summed E-state index contributed by atoms with van der Waals surface area (Å²) in [6, 6.07) is 16.3. The molecule has 8 nitrogen and oxygen atoms in total. The number of amidine groups is 1. The number of urea groups is 1. The van der Waals surface area contributed by atoms with Gasteiger partial charge in [-0.25, -0.2) is 4.79 Å². The van der Waals surface area contributed by atoms with Gasteiger partial charge < -0.3 is 20.3 Å². The molecule has 0 unspecified atom stereocenters. The lowest BCUT2D eigenvalue weighted by atomic mass is 9.71. The van der Waals surface area contributed by atoms with Crippen LogP contribution >= 0.6 is 23.2 Å². The topological polar surface area (TPSA) is 107 Å². The lowest BCUT2D eigenvalue weighted by molar-refractivity contribution is 0.0875. The summed E-state index contributed by atoms with van der Waals surface area (Å²) in [6.45, 7) is 12.2. The molecule has 0 saturated heterocycles. The van der Waals surface area contributed by atoms with Gasteiger partial charge in [-0.2, -0.15) is 0 Å². The van der Waals surface area contributed by atoms with Crippen molar-refractivity contribution in [3.05, 3.63) is 93.2 Å². The largest absolute Gasteiger partial charge is 0.493 e. The summed E-state index contributed by atoms with van der Waals surface area (Å²) in [5.41, 5.74) is 0.737. The molecule has 1 aromatic heterocycles. The summed E-state index contributed by atoms with van der Waals surface area (Å²) in [4.78, 5) is 26.1. The maximum atomic E-state index is 14.3. The molecule has 1 aliphatic rings. The Bertz CT molecular complexity index is 1470. The van der Waals surface area contributed by atoms with Crippen LogP contribution in [0.1, 0.15) is 70.3 Å². The van der Waals surface area contributed by atoms with E-state index in [2.05, 4.69) is 26.1 Å². The first-order chi connectivity index (χ1) is 20.3. The summed E-state index contributed by atoms with van der Waals surface area (Å²) < 4.78 is 6.14. The van der Waals surface area contributed by atoms with Crippen molar-refractivity contribution in [3.8, 4) is 5.75 Å². The van der Waals surface area contributed by atoms with E-state index in [1.54, 1.807) is 23.2 Å². The van der Waals surface area contributed by atoms with E-state index < -0.39 is 29.8 Å². The molecule has 0 radical (unpaired) electrons. The number of aliphatic hydroxyl groups is 2. The van der Waals surface area contributed by atoms with Crippen molar-refractivity contribution >= 4 is 35.1 Å². The zero-order chi connectivity index (χ0) is 31.6. The van der Waals surface area contributed by atoms with E-state index in [1.165, 1.54) is 0 Å². The maximum absolute atomic E-state index is 14.3. The van der Waals surface area contributed by atoms with E-state index in [4.69, 9.17) is 37.9 Å². The number of carbonyl (C=O) groups excluding carboxylic acids is 1. The van der Waals surface area contributed by atoms with Crippen molar-refractivity contribution in [1.82, 2.24) is 15.2 Å². The standard InChI is InChI=1S/C33H40Cl2N4O4/c1-7-43-27-18-28(31(2,3)4)37-19-26(27)29-38-32(5,21-8-12-23(34)13-9-21)33(6,22-10-14-24(35)15-11-22)39(29)30(42)36-17-16-25(41)20-40/h8-15,18-19,25,40-41H,7,16-17,20H2,1-6H3,(H,36,42)/t25-,32-,33+/m0/s1. The van der Waals surface area contributed by atoms with Gasteiger partial charge in [-0.3, -0.25) is 14.9 Å². The molecule has 2 amide bonds. The number of hydrogen-bond donors (Lipinski definition) is 3. The highest BCUT2D eigenvalue weighted by atomic mass is 35.5. The van der Waals surface area contributed by atoms with Crippen LogP contribution in [0.3, 0.4) is 0 Å². The molecule has 230 valence electrons. The van der Waals surface area contributed by atoms with Crippen molar-refractivity contribution in [2.75, 3.05) is 19.8 Å². The number of amides is 2. The van der Waals surface area contributed by atoms with Gasteiger partial charge in [0, 0.05) is 40.0 Å². The van der Waals surface area contributed by atoms with Gasteiger partial charge in [0.05, 0.1) is 24.9 Å². The van der Waals surface area contributed by atoms with Crippen molar-refractivity contribution in [1.29, 1.82) is 0 Å². The van der Waals surface area contributed by atoms with Crippen LogP contribution in [-0.2, 0) is 16.5 Å². The fourth-order valence-corrected chi connectivity index (χ4v) is 5.64. The van der Waals surface area contributed by atoms with Gasteiger partial charge in [0.25, 0.3) is 0 Å². The molecule has 3 atom stereocenters. The molecule has 3 aromatic rings. The van der Waals surface area contributed by atoms with Crippen molar-refractivity contribution in [2.45, 2.75) is 70.6 Å². The number of aromatic nitrogens is 1. The first-order valence-corrected chi connectivity index (χ1v) is 15.1. The number of ether oxygens (including phenoxy) is 1. The third-order valence-corrected chi connectivity index (χ3v) is 8.60. The minimum Gasteiger partial charge on any atom is -0.493 e. The van der Waals surface area contributed by atoms with E-state index >= 15 is 0 Å². The molecule has 1 aliphatic heterocycles. The second-order valence-corrected chi connectivity index (χ2v) is 12.9. The molecule has 4 rings (SSSR count). The van der Waals surface area contributed by atoms with Crippen LogP contribution < -0.4 is 10.1 Å². The minimum atomic E-state index is -1.08. The van der Waals surface area contributed by atoms with Crippen LogP contribution in [0.25, 0.3) is 0 Å². The lowest BCUT2D eigenvalue weighted by Crippen LogP contribution is -2.57. The molecule has 2 heterocycles. The third-order valence-electron chi connectivity index (χ3n) is 8.09. The average Bonchev–Trinajstić information content (AvgIpc) is 3.21. The number of aliphatic imine (C=N–C) groups is 1. The van der Waals surface area contributed by atoms with Gasteiger partial charge in [-0.15, -0.1) is 0 Å². The lowest BCUT2D eigenvalue weighted by Gasteiger charge is -2.45. The summed E-state index contributed by atoms with van der Waals surface area (Å²) in [6.07, 6.45) is 0.948. The molecule has 2 aromatic carbocycles. The van der Waals surface area contributed by atoms with E-state index in [0.717, 1.165) is 16.8 Å². The van der Waals surface area contributed by atoms with E-state index in [0.29, 0.717) is 33.8 Å². The first kappa shape index (κ1) is 32.7. The Morgan fingerprint density at radius 1 is 1.05 bits per heavy atom. The Labute approximate surface area is 263 Å². The monoisotopic (exact) mass is 626 g/mol. The number of benzene rings is 2. The van der Waals surface area contributed by atoms with Gasteiger partial charge in [-0.1, -0.05) is 68.2 Å². The van der Waals surface area contributed by atoms with Gasteiger partial charge in [0.2, 0.25) is 0 Å². The number of pyridine rings is 1. The van der Waals surface area contributed by atoms with Crippen molar-refractivity contribution < 1.29 is 19.7 Å². The van der Waals surface area contributed by atoms with E-state index in [-0.39, 0.29) is 18.4 Å². The minimum absolute atomic E-state index is 0.137. The molecule has 3 N–H and O–H groups in total. The van der Waals surface area contributed by atoms with Crippen LogP contribution in [0, 0.1) is 0 Å². The normalized spacial score (nSPS) is 21.0. The highest BCUT2D eigenvalue weighted by Crippen LogP contribution is 2.53. The maximum Gasteiger partial charge on any atom is 0.323 e. The number of rotatable bonds is 9. The number of aliphatic hydroxyl groups excluding tert-OH is 2. The smallest absolute Gasteiger partial charge is 0.323 e. The highest BCUT2D eigenvalue weighted by Gasteiger charge is 2.59. The molecular weight excluding hydrogens is 587 g/mol. The second-order valence-electron chi connectivity index (χ2n) is 12.0. The van der Waals surface area contributed by atoms with Gasteiger partial charge in [0.1, 0.15) is 22.7 Å². The Kier molecular flexibility index (Phi) is 9.76. The fourth-order valence-electron chi connectivity index (χ4n) is 5.39. The predicted molar refractivity (Wildman–Crippen MR) is 171 cm³/mol. The zero-order valence-electron chi connectivity index (χ0n) is 25.5. The van der Waals surface area contributed by atoms with E-state index in [9.17, 15) is 15.0 Å². The second kappa shape index (κ2) is 12.8. The Balaban J connectivity index is 1.99. The Hall–Kier alpha value is -3.17. The van der Waals surface area contributed by atoms with Gasteiger partial charge >= 0.3 is 6.03 Å². The quantitative estimate of drug-likeness (QED) is 0.254. The van der Waals surface area contributed by atoms with Crippen LogP contribution in [-0.4, -0.2) is 57.8 Å². The number of nitrogens with one attached hydrogen (secondary N) is 1. The third kappa shape index (κ3) is 6.38. The van der Waals surface area contributed by atoms with Crippen molar-refractivity contribution in [3.63, 3.8) is 0 Å².